The molecule has 2 aromatic rings. The van der Waals surface area contributed by atoms with Gasteiger partial charge < -0.3 is 10.6 Å². The Morgan fingerprint density at radius 3 is 2.48 bits per heavy atom. The minimum absolute atomic E-state index is 0.0129. The van der Waals surface area contributed by atoms with Crippen LogP contribution in [0, 0.1) is 12.8 Å². The molecule has 0 aliphatic heterocycles. The van der Waals surface area contributed by atoms with Crippen molar-refractivity contribution >= 4 is 39.0 Å². The number of halogens is 1. The largest absolute Gasteiger partial charge is 0.340 e. The van der Waals surface area contributed by atoms with Gasteiger partial charge in [0.15, 0.2) is 0 Å². The van der Waals surface area contributed by atoms with Crippen LogP contribution in [0.1, 0.15) is 19.4 Å². The van der Waals surface area contributed by atoms with Gasteiger partial charge in [0.25, 0.3) is 0 Å². The molecule has 0 fully saturated rings. The third-order valence-electron chi connectivity index (χ3n) is 2.99. The van der Waals surface area contributed by atoms with Crippen molar-refractivity contribution in [3.63, 3.8) is 0 Å². The fourth-order valence-electron chi connectivity index (χ4n) is 1.70. The van der Waals surface area contributed by atoms with Crippen molar-refractivity contribution in [2.75, 3.05) is 10.6 Å². The van der Waals surface area contributed by atoms with E-state index in [0.29, 0.717) is 5.69 Å². The lowest BCUT2D eigenvalue weighted by Gasteiger charge is -2.10. The molecule has 0 aliphatic carbocycles. The van der Waals surface area contributed by atoms with Crippen molar-refractivity contribution in [1.82, 2.24) is 4.98 Å². The molecule has 0 aliphatic rings. The molecule has 1 heterocycles. The monoisotopic (exact) mass is 347 g/mol. The minimum atomic E-state index is -0.0476. The Bertz CT molecular complexity index is 638. The summed E-state index contributed by atoms with van der Waals surface area (Å²) in [6.45, 7) is 5.75. The number of aromatic nitrogens is 1. The van der Waals surface area contributed by atoms with Crippen molar-refractivity contribution < 1.29 is 4.79 Å². The fraction of sp³-hybridized carbons (Fsp3) is 0.250. The van der Waals surface area contributed by atoms with Crippen LogP contribution in [0.3, 0.4) is 0 Å². The number of nitrogens with zero attached hydrogens (tertiary/aromatic N) is 1. The van der Waals surface area contributed by atoms with Crippen LogP contribution in [-0.4, -0.2) is 10.9 Å². The third-order valence-corrected chi connectivity index (χ3v) is 3.88. The van der Waals surface area contributed by atoms with Crippen molar-refractivity contribution in [2.24, 2.45) is 5.92 Å². The van der Waals surface area contributed by atoms with E-state index >= 15 is 0 Å². The first kappa shape index (κ1) is 15.5. The van der Waals surface area contributed by atoms with Crippen molar-refractivity contribution in [3.05, 3.63) is 46.6 Å². The lowest BCUT2D eigenvalue weighted by atomic mass is 10.2. The molecule has 110 valence electrons. The first-order valence-electron chi connectivity index (χ1n) is 6.76. The van der Waals surface area contributed by atoms with Gasteiger partial charge in [0.1, 0.15) is 5.82 Å². The summed E-state index contributed by atoms with van der Waals surface area (Å²) in [5.41, 5.74) is 2.83. The Labute approximate surface area is 133 Å². The van der Waals surface area contributed by atoms with Crippen LogP contribution < -0.4 is 10.6 Å². The Balaban J connectivity index is 2.05. The van der Waals surface area contributed by atoms with Gasteiger partial charge in [0.2, 0.25) is 5.91 Å². The lowest BCUT2D eigenvalue weighted by Crippen LogP contribution is -2.17. The van der Waals surface area contributed by atoms with Crippen molar-refractivity contribution in [3.8, 4) is 0 Å². The molecule has 2 rings (SSSR count). The molecule has 1 amide bonds. The average Bonchev–Trinajstić information content (AvgIpc) is 2.45. The molecule has 1 aromatic heterocycles. The second-order valence-corrected chi connectivity index (χ2v) is 6.02. The highest BCUT2D eigenvalue weighted by atomic mass is 79.9. The number of pyridine rings is 1. The van der Waals surface area contributed by atoms with E-state index in [-0.39, 0.29) is 11.8 Å². The second-order valence-electron chi connectivity index (χ2n) is 5.17. The van der Waals surface area contributed by atoms with Gasteiger partial charge >= 0.3 is 0 Å². The SMILES string of the molecule is Cc1cc(Nc2ccc(NC(=O)C(C)C)cn2)ccc1Br. The first-order valence-corrected chi connectivity index (χ1v) is 7.55. The summed E-state index contributed by atoms with van der Waals surface area (Å²) in [4.78, 5) is 15.9. The zero-order valence-corrected chi connectivity index (χ0v) is 13.9. The van der Waals surface area contributed by atoms with Crippen LogP contribution >= 0.6 is 15.9 Å². The number of carbonyl (C=O) groups is 1. The highest BCUT2D eigenvalue weighted by molar-refractivity contribution is 9.10. The Hall–Kier alpha value is -1.88. The molecule has 4 nitrogen and oxygen atoms in total. The van der Waals surface area contributed by atoms with Gasteiger partial charge in [-0.1, -0.05) is 29.8 Å². The maximum atomic E-state index is 11.6. The van der Waals surface area contributed by atoms with Crippen LogP contribution in [0.15, 0.2) is 41.0 Å². The molecule has 0 spiro atoms. The number of amides is 1. The number of aryl methyl sites for hydroxylation is 1. The first-order chi connectivity index (χ1) is 9.95. The standard InChI is InChI=1S/C16H18BrN3O/c1-10(2)16(21)20-13-5-7-15(18-9-13)19-12-4-6-14(17)11(3)8-12/h4-10H,1-3H3,(H,18,19)(H,20,21). The van der Waals surface area contributed by atoms with Crippen LogP contribution in [0.25, 0.3) is 0 Å². The van der Waals surface area contributed by atoms with Gasteiger partial charge in [-0.05, 0) is 42.8 Å². The maximum Gasteiger partial charge on any atom is 0.226 e. The number of benzene rings is 1. The Morgan fingerprint density at radius 1 is 1.19 bits per heavy atom. The topological polar surface area (TPSA) is 54.0 Å². The molecule has 2 N–H and O–H groups in total. The average molecular weight is 348 g/mol. The van der Waals surface area contributed by atoms with Gasteiger partial charge in [-0.2, -0.15) is 0 Å². The Morgan fingerprint density at radius 2 is 1.90 bits per heavy atom. The summed E-state index contributed by atoms with van der Waals surface area (Å²) < 4.78 is 1.08. The van der Waals surface area contributed by atoms with Crippen molar-refractivity contribution in [2.45, 2.75) is 20.8 Å². The van der Waals surface area contributed by atoms with E-state index in [0.717, 1.165) is 21.5 Å². The molecular formula is C16H18BrN3O. The molecule has 0 saturated heterocycles. The fourth-order valence-corrected chi connectivity index (χ4v) is 1.95. The summed E-state index contributed by atoms with van der Waals surface area (Å²) in [7, 11) is 0. The maximum absolute atomic E-state index is 11.6. The minimum Gasteiger partial charge on any atom is -0.340 e. The normalized spacial score (nSPS) is 10.5. The van der Waals surface area contributed by atoms with Gasteiger partial charge in [0.05, 0.1) is 11.9 Å². The molecular weight excluding hydrogens is 330 g/mol. The van der Waals surface area contributed by atoms with Crippen molar-refractivity contribution in [1.29, 1.82) is 0 Å². The summed E-state index contributed by atoms with van der Waals surface area (Å²) >= 11 is 3.48. The molecule has 5 heteroatoms. The van der Waals surface area contributed by atoms with Gasteiger partial charge in [-0.15, -0.1) is 0 Å². The molecule has 0 atom stereocenters. The van der Waals surface area contributed by atoms with E-state index in [1.54, 1.807) is 6.20 Å². The number of hydrogen-bond acceptors (Lipinski definition) is 3. The highest BCUT2D eigenvalue weighted by Crippen LogP contribution is 2.22. The summed E-state index contributed by atoms with van der Waals surface area (Å²) in [6, 6.07) is 9.69. The molecule has 0 bridgehead atoms. The van der Waals surface area contributed by atoms with E-state index in [1.165, 1.54) is 0 Å². The quantitative estimate of drug-likeness (QED) is 0.856. The molecule has 21 heavy (non-hydrogen) atoms. The van der Waals surface area contributed by atoms with E-state index in [9.17, 15) is 4.79 Å². The summed E-state index contributed by atoms with van der Waals surface area (Å²) in [5.74, 6) is 0.675. The number of anilines is 3. The van der Waals surface area contributed by atoms with Crippen LogP contribution in [0.4, 0.5) is 17.2 Å². The highest BCUT2D eigenvalue weighted by Gasteiger charge is 2.07. The number of carbonyl (C=O) groups excluding carboxylic acids is 1. The third kappa shape index (κ3) is 4.29. The van der Waals surface area contributed by atoms with Crippen LogP contribution in [0.2, 0.25) is 0 Å². The molecule has 1 aromatic carbocycles. The Kier molecular flexibility index (Phi) is 4.96. The van der Waals surface area contributed by atoms with Gasteiger partial charge in [0, 0.05) is 16.1 Å². The molecule has 0 radical (unpaired) electrons. The van der Waals surface area contributed by atoms with E-state index in [4.69, 9.17) is 0 Å². The van der Waals surface area contributed by atoms with E-state index < -0.39 is 0 Å². The van der Waals surface area contributed by atoms with E-state index in [1.807, 2.05) is 51.1 Å². The smallest absolute Gasteiger partial charge is 0.226 e. The zero-order chi connectivity index (χ0) is 15.4. The zero-order valence-electron chi connectivity index (χ0n) is 12.3. The van der Waals surface area contributed by atoms with E-state index in [2.05, 4.69) is 31.5 Å². The second kappa shape index (κ2) is 6.72. The lowest BCUT2D eigenvalue weighted by molar-refractivity contribution is -0.118. The van der Waals surface area contributed by atoms with Crippen LogP contribution in [-0.2, 0) is 4.79 Å². The molecule has 0 saturated carbocycles. The van der Waals surface area contributed by atoms with Crippen LogP contribution in [0.5, 0.6) is 0 Å². The summed E-state index contributed by atoms with van der Waals surface area (Å²) in [5, 5.41) is 6.04. The number of rotatable bonds is 4. The number of nitrogens with one attached hydrogen (secondary N) is 2. The predicted octanol–water partition coefficient (Wildman–Crippen LogP) is 4.49. The van der Waals surface area contributed by atoms with Gasteiger partial charge in [-0.25, -0.2) is 4.98 Å². The number of hydrogen-bond donors (Lipinski definition) is 2. The molecule has 0 unspecified atom stereocenters. The predicted molar refractivity (Wildman–Crippen MR) is 89.9 cm³/mol. The summed E-state index contributed by atoms with van der Waals surface area (Å²) in [6.07, 6.45) is 1.65. The van der Waals surface area contributed by atoms with Gasteiger partial charge in [-0.3, -0.25) is 4.79 Å².